The largest absolute Gasteiger partial charge is 0.481 e. The van der Waals surface area contributed by atoms with E-state index in [4.69, 9.17) is 9.84 Å². The van der Waals surface area contributed by atoms with Gasteiger partial charge in [0.1, 0.15) is 5.60 Å². The minimum Gasteiger partial charge on any atom is -0.481 e. The molecule has 0 aliphatic rings. The molecule has 0 aliphatic heterocycles. The molecule has 122 valence electrons. The first kappa shape index (κ1) is 18.0. The maximum atomic E-state index is 11.9. The number of aliphatic carboxylic acids is 1. The van der Waals surface area contributed by atoms with E-state index in [1.165, 1.54) is 0 Å². The SMILES string of the molecule is CC(C)(C)OC(=O)NC(O)(CCCC(=O)O)c1ccccc1. The summed E-state index contributed by atoms with van der Waals surface area (Å²) in [6, 6.07) is 8.58. The molecule has 0 aromatic heterocycles. The van der Waals surface area contributed by atoms with Crippen LogP contribution in [0.15, 0.2) is 30.3 Å². The molecule has 1 aromatic carbocycles. The molecule has 0 heterocycles. The Bertz CT molecular complexity index is 509. The number of ether oxygens (including phenoxy) is 1. The average Bonchev–Trinajstić information content (AvgIpc) is 2.36. The van der Waals surface area contributed by atoms with Crippen molar-refractivity contribution in [2.45, 2.75) is 51.4 Å². The average molecular weight is 309 g/mol. The van der Waals surface area contributed by atoms with Gasteiger partial charge in [0.05, 0.1) is 0 Å². The minimum atomic E-state index is -1.67. The molecule has 6 nitrogen and oxygen atoms in total. The van der Waals surface area contributed by atoms with E-state index in [0.29, 0.717) is 5.56 Å². The molecule has 1 atom stereocenters. The summed E-state index contributed by atoms with van der Waals surface area (Å²) >= 11 is 0. The number of nitrogens with one attached hydrogen (secondary N) is 1. The van der Waals surface area contributed by atoms with Crippen LogP contribution < -0.4 is 5.32 Å². The standard InChI is InChI=1S/C16H23NO5/c1-15(2,3)22-14(20)17-16(21,11-7-10-13(18)19)12-8-5-4-6-9-12/h4-6,8-9,21H,7,10-11H2,1-3H3,(H,17,20)(H,18,19). The Morgan fingerprint density at radius 3 is 2.27 bits per heavy atom. The lowest BCUT2D eigenvalue weighted by Gasteiger charge is -2.31. The fourth-order valence-electron chi connectivity index (χ4n) is 1.96. The fourth-order valence-corrected chi connectivity index (χ4v) is 1.96. The lowest BCUT2D eigenvalue weighted by atomic mass is 9.97. The second kappa shape index (κ2) is 7.26. The van der Waals surface area contributed by atoms with Crippen molar-refractivity contribution < 1.29 is 24.5 Å². The van der Waals surface area contributed by atoms with Gasteiger partial charge in [0.15, 0.2) is 5.72 Å². The van der Waals surface area contributed by atoms with Crippen LogP contribution in [0.5, 0.6) is 0 Å². The summed E-state index contributed by atoms with van der Waals surface area (Å²) < 4.78 is 5.16. The molecule has 22 heavy (non-hydrogen) atoms. The van der Waals surface area contributed by atoms with Gasteiger partial charge in [0.2, 0.25) is 0 Å². The third-order valence-corrected chi connectivity index (χ3v) is 2.89. The Kier molecular flexibility index (Phi) is 5.93. The molecule has 0 fully saturated rings. The van der Waals surface area contributed by atoms with Crippen molar-refractivity contribution in [2.24, 2.45) is 0 Å². The number of carboxylic acids is 1. The Labute approximate surface area is 130 Å². The first-order chi connectivity index (χ1) is 10.1. The van der Waals surface area contributed by atoms with E-state index in [2.05, 4.69) is 5.32 Å². The first-order valence-electron chi connectivity index (χ1n) is 7.13. The zero-order valence-corrected chi connectivity index (χ0v) is 13.1. The highest BCUT2D eigenvalue weighted by molar-refractivity contribution is 5.69. The van der Waals surface area contributed by atoms with Gasteiger partial charge in [-0.25, -0.2) is 4.79 Å². The van der Waals surface area contributed by atoms with E-state index in [0.717, 1.165) is 0 Å². The summed E-state index contributed by atoms with van der Waals surface area (Å²) in [5.74, 6) is -0.951. The summed E-state index contributed by atoms with van der Waals surface area (Å²) in [7, 11) is 0. The molecule has 0 aliphatic carbocycles. The number of hydrogen-bond donors (Lipinski definition) is 3. The summed E-state index contributed by atoms with van der Waals surface area (Å²) in [5.41, 5.74) is -1.88. The molecule has 6 heteroatoms. The number of carbonyl (C=O) groups is 2. The number of amides is 1. The van der Waals surface area contributed by atoms with Crippen molar-refractivity contribution >= 4 is 12.1 Å². The van der Waals surface area contributed by atoms with Gasteiger partial charge in [-0.1, -0.05) is 30.3 Å². The summed E-state index contributed by atoms with van der Waals surface area (Å²) in [4.78, 5) is 22.6. The number of carboxylic acid groups (broad SMARTS) is 1. The first-order valence-corrected chi connectivity index (χ1v) is 7.13. The number of alkyl carbamates (subject to hydrolysis) is 1. The van der Waals surface area contributed by atoms with Crippen LogP contribution >= 0.6 is 0 Å². The van der Waals surface area contributed by atoms with E-state index in [-0.39, 0.29) is 19.3 Å². The minimum absolute atomic E-state index is 0.0720. The quantitative estimate of drug-likeness (QED) is 0.702. The van der Waals surface area contributed by atoms with Crippen LogP contribution in [-0.4, -0.2) is 27.9 Å². The van der Waals surface area contributed by atoms with Gasteiger partial charge in [-0.2, -0.15) is 0 Å². The van der Waals surface area contributed by atoms with E-state index in [1.54, 1.807) is 51.1 Å². The van der Waals surface area contributed by atoms with Crippen LogP contribution in [0.25, 0.3) is 0 Å². The molecule has 1 unspecified atom stereocenters. The topological polar surface area (TPSA) is 95.9 Å². The molecule has 0 spiro atoms. The fraction of sp³-hybridized carbons (Fsp3) is 0.500. The maximum Gasteiger partial charge on any atom is 0.410 e. The van der Waals surface area contributed by atoms with Gasteiger partial charge in [-0.15, -0.1) is 0 Å². The molecule has 0 bridgehead atoms. The van der Waals surface area contributed by atoms with E-state index in [9.17, 15) is 14.7 Å². The summed E-state index contributed by atoms with van der Waals surface area (Å²) in [6.45, 7) is 5.16. The summed E-state index contributed by atoms with van der Waals surface area (Å²) in [5, 5.41) is 21.9. The molecule has 1 aromatic rings. The zero-order valence-electron chi connectivity index (χ0n) is 13.1. The number of aliphatic hydroxyl groups is 1. The van der Waals surface area contributed by atoms with Crippen molar-refractivity contribution in [3.63, 3.8) is 0 Å². The third-order valence-electron chi connectivity index (χ3n) is 2.89. The second-order valence-corrected chi connectivity index (χ2v) is 6.10. The maximum absolute atomic E-state index is 11.9. The van der Waals surface area contributed by atoms with Crippen molar-refractivity contribution in [1.82, 2.24) is 5.32 Å². The van der Waals surface area contributed by atoms with E-state index >= 15 is 0 Å². The van der Waals surface area contributed by atoms with Crippen LogP contribution in [-0.2, 0) is 15.3 Å². The monoisotopic (exact) mass is 309 g/mol. The number of hydrogen-bond acceptors (Lipinski definition) is 4. The Balaban J connectivity index is 2.86. The Morgan fingerprint density at radius 2 is 1.77 bits per heavy atom. The van der Waals surface area contributed by atoms with Gasteiger partial charge in [-0.05, 0) is 27.2 Å². The van der Waals surface area contributed by atoms with Crippen LogP contribution in [0.4, 0.5) is 4.79 Å². The summed E-state index contributed by atoms with van der Waals surface area (Å²) in [6.07, 6.45) is -0.557. The smallest absolute Gasteiger partial charge is 0.410 e. The van der Waals surface area contributed by atoms with Gasteiger partial charge in [-0.3, -0.25) is 10.1 Å². The zero-order chi connectivity index (χ0) is 16.8. The van der Waals surface area contributed by atoms with Crippen molar-refractivity contribution in [2.75, 3.05) is 0 Å². The molecule has 0 saturated heterocycles. The molecule has 1 amide bonds. The van der Waals surface area contributed by atoms with Crippen LogP contribution in [0.3, 0.4) is 0 Å². The Morgan fingerprint density at radius 1 is 1.18 bits per heavy atom. The van der Waals surface area contributed by atoms with Crippen molar-refractivity contribution in [1.29, 1.82) is 0 Å². The van der Waals surface area contributed by atoms with Gasteiger partial charge in [0, 0.05) is 18.4 Å². The normalized spacial score (nSPS) is 14.0. The van der Waals surface area contributed by atoms with Crippen molar-refractivity contribution in [3.05, 3.63) is 35.9 Å². The molecule has 1 rings (SSSR count). The van der Waals surface area contributed by atoms with Gasteiger partial charge >= 0.3 is 12.1 Å². The van der Waals surface area contributed by atoms with Crippen molar-refractivity contribution in [3.8, 4) is 0 Å². The van der Waals surface area contributed by atoms with Crippen LogP contribution in [0.1, 0.15) is 45.6 Å². The number of benzene rings is 1. The Hall–Kier alpha value is -2.08. The number of carbonyl (C=O) groups excluding carboxylic acids is 1. The molecular formula is C16H23NO5. The second-order valence-electron chi connectivity index (χ2n) is 6.10. The molecular weight excluding hydrogens is 286 g/mol. The van der Waals surface area contributed by atoms with Gasteiger partial charge < -0.3 is 14.9 Å². The van der Waals surface area contributed by atoms with Crippen LogP contribution in [0.2, 0.25) is 0 Å². The lowest BCUT2D eigenvalue weighted by Crippen LogP contribution is -2.47. The predicted octanol–water partition coefficient (Wildman–Crippen LogP) is 2.61. The highest BCUT2D eigenvalue weighted by atomic mass is 16.6. The molecule has 3 N–H and O–H groups in total. The van der Waals surface area contributed by atoms with E-state index in [1.807, 2.05) is 0 Å². The number of rotatable bonds is 6. The van der Waals surface area contributed by atoms with Crippen LogP contribution in [0, 0.1) is 0 Å². The van der Waals surface area contributed by atoms with Gasteiger partial charge in [0.25, 0.3) is 0 Å². The van der Waals surface area contributed by atoms with E-state index < -0.39 is 23.4 Å². The molecule has 0 radical (unpaired) electrons. The third kappa shape index (κ3) is 6.13. The molecule has 0 saturated carbocycles. The predicted molar refractivity (Wildman–Crippen MR) is 81.2 cm³/mol. The highest BCUT2D eigenvalue weighted by Crippen LogP contribution is 2.25. The highest BCUT2D eigenvalue weighted by Gasteiger charge is 2.32. The lowest BCUT2D eigenvalue weighted by molar-refractivity contribution is -0.137.